The highest BCUT2D eigenvalue weighted by molar-refractivity contribution is 5.76. The Balaban J connectivity index is 1.82. The standard InChI is InChI=1S/C11H19N5O/c1-12-7-10-3-2-5-16(10)11(17)4-6-15-9-13-8-14-15/h8-10,12H,2-7H2,1H3. The van der Waals surface area contributed by atoms with Gasteiger partial charge >= 0.3 is 0 Å². The molecule has 0 saturated carbocycles. The van der Waals surface area contributed by atoms with Crippen LogP contribution in [0.15, 0.2) is 12.7 Å². The van der Waals surface area contributed by atoms with E-state index < -0.39 is 0 Å². The molecule has 1 aromatic rings. The molecule has 1 N–H and O–H groups in total. The van der Waals surface area contributed by atoms with Crippen LogP contribution in [0.2, 0.25) is 0 Å². The van der Waals surface area contributed by atoms with Crippen molar-refractivity contribution in [3.05, 3.63) is 12.7 Å². The highest BCUT2D eigenvalue weighted by atomic mass is 16.2. The van der Waals surface area contributed by atoms with Crippen molar-refractivity contribution in [1.82, 2.24) is 25.0 Å². The summed E-state index contributed by atoms with van der Waals surface area (Å²) in [5, 5.41) is 7.14. The second kappa shape index (κ2) is 5.77. The zero-order valence-electron chi connectivity index (χ0n) is 10.2. The van der Waals surface area contributed by atoms with Crippen LogP contribution in [0, 0.1) is 0 Å². The Bertz CT molecular complexity index is 351. The predicted molar refractivity (Wildman–Crippen MR) is 63.3 cm³/mol. The van der Waals surface area contributed by atoms with Crippen molar-refractivity contribution in [3.8, 4) is 0 Å². The topological polar surface area (TPSA) is 63.1 Å². The highest BCUT2D eigenvalue weighted by Gasteiger charge is 2.27. The van der Waals surface area contributed by atoms with Crippen LogP contribution in [-0.2, 0) is 11.3 Å². The first-order valence-electron chi connectivity index (χ1n) is 6.07. The number of aryl methyl sites for hydroxylation is 1. The van der Waals surface area contributed by atoms with Gasteiger partial charge in [0, 0.05) is 25.6 Å². The summed E-state index contributed by atoms with van der Waals surface area (Å²) < 4.78 is 1.70. The van der Waals surface area contributed by atoms with E-state index in [9.17, 15) is 4.79 Å². The lowest BCUT2D eigenvalue weighted by Gasteiger charge is -2.24. The van der Waals surface area contributed by atoms with Gasteiger partial charge in [-0.3, -0.25) is 9.48 Å². The van der Waals surface area contributed by atoms with Crippen LogP contribution in [0.4, 0.5) is 0 Å². The number of likely N-dealkylation sites (tertiary alicyclic amines) is 1. The van der Waals surface area contributed by atoms with Gasteiger partial charge in [-0.2, -0.15) is 5.10 Å². The van der Waals surface area contributed by atoms with E-state index in [4.69, 9.17) is 0 Å². The van der Waals surface area contributed by atoms with Gasteiger partial charge in [-0.25, -0.2) is 4.98 Å². The third kappa shape index (κ3) is 3.03. The summed E-state index contributed by atoms with van der Waals surface area (Å²) in [5.74, 6) is 0.221. The number of amides is 1. The molecular formula is C11H19N5O. The van der Waals surface area contributed by atoms with E-state index in [1.165, 1.54) is 6.33 Å². The van der Waals surface area contributed by atoms with Gasteiger partial charge in [-0.15, -0.1) is 0 Å². The summed E-state index contributed by atoms with van der Waals surface area (Å²) in [4.78, 5) is 17.9. The van der Waals surface area contributed by atoms with Crippen molar-refractivity contribution in [1.29, 1.82) is 0 Å². The number of hydrogen-bond donors (Lipinski definition) is 1. The van der Waals surface area contributed by atoms with Gasteiger partial charge in [0.15, 0.2) is 0 Å². The van der Waals surface area contributed by atoms with Gasteiger partial charge in [-0.05, 0) is 19.9 Å². The van der Waals surface area contributed by atoms with E-state index in [1.54, 1.807) is 11.0 Å². The molecule has 6 nitrogen and oxygen atoms in total. The third-order valence-electron chi connectivity index (χ3n) is 3.16. The summed E-state index contributed by atoms with van der Waals surface area (Å²) in [6.45, 7) is 2.39. The van der Waals surface area contributed by atoms with Gasteiger partial charge in [0.05, 0.1) is 6.54 Å². The lowest BCUT2D eigenvalue weighted by atomic mass is 10.2. The van der Waals surface area contributed by atoms with Crippen molar-refractivity contribution in [2.24, 2.45) is 0 Å². The Morgan fingerprint density at radius 1 is 1.59 bits per heavy atom. The van der Waals surface area contributed by atoms with E-state index in [1.807, 2.05) is 11.9 Å². The van der Waals surface area contributed by atoms with Gasteiger partial charge in [0.25, 0.3) is 0 Å². The van der Waals surface area contributed by atoms with Crippen LogP contribution in [0.3, 0.4) is 0 Å². The summed E-state index contributed by atoms with van der Waals surface area (Å²) >= 11 is 0. The Labute approximate surface area is 101 Å². The van der Waals surface area contributed by atoms with Crippen molar-refractivity contribution in [2.45, 2.75) is 31.8 Å². The molecule has 1 fully saturated rings. The summed E-state index contributed by atoms with van der Waals surface area (Å²) in [6, 6.07) is 0.364. The molecular weight excluding hydrogens is 218 g/mol. The van der Waals surface area contributed by atoms with Gasteiger partial charge < -0.3 is 10.2 Å². The molecule has 0 aliphatic carbocycles. The van der Waals surface area contributed by atoms with E-state index >= 15 is 0 Å². The minimum absolute atomic E-state index is 0.221. The van der Waals surface area contributed by atoms with Crippen LogP contribution in [0.25, 0.3) is 0 Å². The molecule has 2 heterocycles. The molecule has 6 heteroatoms. The first-order valence-corrected chi connectivity index (χ1v) is 6.07. The SMILES string of the molecule is CNCC1CCCN1C(=O)CCn1cncn1. The lowest BCUT2D eigenvalue weighted by Crippen LogP contribution is -2.41. The first-order chi connectivity index (χ1) is 8.31. The van der Waals surface area contributed by atoms with Crippen LogP contribution in [0.1, 0.15) is 19.3 Å². The molecule has 1 atom stereocenters. The number of aromatic nitrogens is 3. The Kier molecular flexibility index (Phi) is 4.08. The number of carbonyl (C=O) groups is 1. The second-order valence-electron chi connectivity index (χ2n) is 4.35. The Hall–Kier alpha value is -1.43. The van der Waals surface area contributed by atoms with E-state index in [0.29, 0.717) is 19.0 Å². The number of likely N-dealkylation sites (N-methyl/N-ethyl adjacent to an activating group) is 1. The molecule has 1 aromatic heterocycles. The Morgan fingerprint density at radius 2 is 2.47 bits per heavy atom. The van der Waals surface area contributed by atoms with Crippen LogP contribution in [-0.4, -0.2) is 51.8 Å². The number of hydrogen-bond acceptors (Lipinski definition) is 4. The average Bonchev–Trinajstić information content (AvgIpc) is 2.97. The molecule has 17 heavy (non-hydrogen) atoms. The van der Waals surface area contributed by atoms with Gasteiger partial charge in [0.2, 0.25) is 5.91 Å². The minimum Gasteiger partial charge on any atom is -0.338 e. The summed E-state index contributed by atoms with van der Waals surface area (Å²) in [6.07, 6.45) is 5.85. The molecule has 0 bridgehead atoms. The number of nitrogens with one attached hydrogen (secondary N) is 1. The van der Waals surface area contributed by atoms with E-state index in [0.717, 1.165) is 25.9 Å². The van der Waals surface area contributed by atoms with Crippen molar-refractivity contribution in [3.63, 3.8) is 0 Å². The second-order valence-corrected chi connectivity index (χ2v) is 4.35. The fraction of sp³-hybridized carbons (Fsp3) is 0.727. The zero-order valence-corrected chi connectivity index (χ0v) is 10.2. The quantitative estimate of drug-likeness (QED) is 0.775. The van der Waals surface area contributed by atoms with Gasteiger partial charge in [0.1, 0.15) is 12.7 Å². The highest BCUT2D eigenvalue weighted by Crippen LogP contribution is 2.17. The molecule has 0 radical (unpaired) electrons. The van der Waals surface area contributed by atoms with E-state index in [-0.39, 0.29) is 5.91 Å². The van der Waals surface area contributed by atoms with Crippen molar-refractivity contribution >= 4 is 5.91 Å². The van der Waals surface area contributed by atoms with Crippen LogP contribution in [0.5, 0.6) is 0 Å². The Morgan fingerprint density at radius 3 is 3.18 bits per heavy atom. The molecule has 1 unspecified atom stereocenters. The maximum absolute atomic E-state index is 12.1. The fourth-order valence-corrected chi connectivity index (χ4v) is 2.31. The number of carbonyl (C=O) groups excluding carboxylic acids is 1. The van der Waals surface area contributed by atoms with Crippen molar-refractivity contribution in [2.75, 3.05) is 20.1 Å². The molecule has 1 aliphatic rings. The normalized spacial score (nSPS) is 19.8. The van der Waals surface area contributed by atoms with Crippen molar-refractivity contribution < 1.29 is 4.79 Å². The van der Waals surface area contributed by atoms with E-state index in [2.05, 4.69) is 15.4 Å². The molecule has 0 spiro atoms. The molecule has 1 amide bonds. The first kappa shape index (κ1) is 12.0. The molecule has 1 saturated heterocycles. The predicted octanol–water partition coefficient (Wildman–Crippen LogP) is -0.121. The van der Waals surface area contributed by atoms with Gasteiger partial charge in [-0.1, -0.05) is 0 Å². The number of rotatable bonds is 5. The largest absolute Gasteiger partial charge is 0.338 e. The molecule has 0 aromatic carbocycles. The maximum Gasteiger partial charge on any atom is 0.224 e. The smallest absolute Gasteiger partial charge is 0.224 e. The molecule has 2 rings (SSSR count). The fourth-order valence-electron chi connectivity index (χ4n) is 2.31. The molecule has 1 aliphatic heterocycles. The minimum atomic E-state index is 0.221. The molecule has 94 valence electrons. The monoisotopic (exact) mass is 237 g/mol. The zero-order chi connectivity index (χ0) is 12.1. The number of nitrogens with zero attached hydrogens (tertiary/aromatic N) is 4. The third-order valence-corrected chi connectivity index (χ3v) is 3.16. The summed E-state index contributed by atoms with van der Waals surface area (Å²) in [7, 11) is 1.93. The van der Waals surface area contributed by atoms with Crippen LogP contribution >= 0.6 is 0 Å². The lowest BCUT2D eigenvalue weighted by molar-refractivity contribution is -0.132. The maximum atomic E-state index is 12.1. The van der Waals surface area contributed by atoms with Crippen LogP contribution < -0.4 is 5.32 Å². The summed E-state index contributed by atoms with van der Waals surface area (Å²) in [5.41, 5.74) is 0. The average molecular weight is 237 g/mol.